The highest BCUT2D eigenvalue weighted by Gasteiger charge is 2.24. The summed E-state index contributed by atoms with van der Waals surface area (Å²) in [5, 5.41) is 1.62. The van der Waals surface area contributed by atoms with Crippen molar-refractivity contribution in [2.24, 2.45) is 0 Å². The molecule has 0 fully saturated rings. The molecule has 0 saturated heterocycles. The number of hydrogen-bond acceptors (Lipinski definition) is 0. The number of rotatable bonds is 2. The quantitative estimate of drug-likeness (QED) is 0.564. The van der Waals surface area contributed by atoms with E-state index in [1.165, 1.54) is 33.4 Å². The Labute approximate surface area is 128 Å². The summed E-state index contributed by atoms with van der Waals surface area (Å²) >= 11 is 0. The van der Waals surface area contributed by atoms with Gasteiger partial charge in [0.2, 0.25) is 0 Å². The van der Waals surface area contributed by atoms with Gasteiger partial charge in [-0.3, -0.25) is 0 Å². The van der Waals surface area contributed by atoms with Gasteiger partial charge in [-0.05, 0) is 46.2 Å². The predicted molar refractivity (Wildman–Crippen MR) is 92.8 cm³/mol. The van der Waals surface area contributed by atoms with E-state index < -0.39 is 8.80 Å². The van der Waals surface area contributed by atoms with Crippen LogP contribution in [0.15, 0.2) is 59.8 Å². The van der Waals surface area contributed by atoms with E-state index in [1.54, 1.807) is 5.20 Å². The van der Waals surface area contributed by atoms with Crippen molar-refractivity contribution in [1.29, 1.82) is 0 Å². The molecular weight excluding hydrogens is 268 g/mol. The second kappa shape index (κ2) is 4.85. The molecule has 103 valence electrons. The lowest BCUT2D eigenvalue weighted by molar-refractivity contribution is 1.25. The maximum Gasteiger partial charge on any atom is 0.0795 e. The zero-order valence-electron chi connectivity index (χ0n) is 12.6. The topological polar surface area (TPSA) is 0 Å². The predicted octanol–water partition coefficient (Wildman–Crippen LogP) is 5.26. The molecule has 2 aromatic rings. The summed E-state index contributed by atoms with van der Waals surface area (Å²) in [7, 11) is -0.398. The molecule has 2 aromatic carbocycles. The van der Waals surface area contributed by atoms with Crippen molar-refractivity contribution in [3.63, 3.8) is 0 Å². The first-order chi connectivity index (χ1) is 10.3. The molecule has 0 N–H and O–H groups in total. The molecule has 0 unspecified atom stereocenters. The fourth-order valence-electron chi connectivity index (χ4n) is 3.65. The molecule has 0 atom stereocenters. The molecular formula is C20H19Si. The molecule has 0 saturated carbocycles. The standard InChI is InChI=1S/C20H19Si/c1-21(2)20-12-6-11-18(20)17-10-5-9-16-15-8-4-3-7-14(15)13-19(16)17/h3-5,7-12H,6,13H2,1-2H3. The van der Waals surface area contributed by atoms with E-state index in [0.717, 1.165) is 12.8 Å². The van der Waals surface area contributed by atoms with Gasteiger partial charge in [-0.2, -0.15) is 0 Å². The van der Waals surface area contributed by atoms with E-state index in [2.05, 4.69) is 67.7 Å². The Balaban J connectivity index is 1.86. The van der Waals surface area contributed by atoms with Crippen LogP contribution in [0, 0.1) is 0 Å². The number of hydrogen-bond donors (Lipinski definition) is 0. The average Bonchev–Trinajstić information content (AvgIpc) is 3.11. The first kappa shape index (κ1) is 12.8. The molecule has 0 aromatic heterocycles. The summed E-state index contributed by atoms with van der Waals surface area (Å²) in [6.07, 6.45) is 7.05. The second-order valence-corrected chi connectivity index (χ2v) is 8.68. The first-order valence-corrected chi connectivity index (χ1v) is 10.2. The second-order valence-electron chi connectivity index (χ2n) is 6.14. The molecule has 1 radical (unpaired) electrons. The van der Waals surface area contributed by atoms with Gasteiger partial charge in [0.15, 0.2) is 0 Å². The summed E-state index contributed by atoms with van der Waals surface area (Å²) in [5.74, 6) is 0. The number of benzene rings is 2. The molecule has 2 aliphatic rings. The number of fused-ring (bicyclic) bond motifs is 3. The van der Waals surface area contributed by atoms with Crippen LogP contribution in [0.5, 0.6) is 0 Å². The molecule has 21 heavy (non-hydrogen) atoms. The molecule has 0 bridgehead atoms. The highest BCUT2D eigenvalue weighted by molar-refractivity contribution is 6.67. The summed E-state index contributed by atoms with van der Waals surface area (Å²) in [4.78, 5) is 0. The Morgan fingerprint density at radius 1 is 0.810 bits per heavy atom. The van der Waals surface area contributed by atoms with Crippen LogP contribution in [0.25, 0.3) is 16.7 Å². The lowest BCUT2D eigenvalue weighted by atomic mass is 9.96. The lowest BCUT2D eigenvalue weighted by Crippen LogP contribution is -2.07. The summed E-state index contributed by atoms with van der Waals surface area (Å²) in [5.41, 5.74) is 8.86. The normalized spacial score (nSPS) is 15.8. The number of allylic oxidation sites excluding steroid dienone is 4. The van der Waals surface area contributed by atoms with Crippen LogP contribution < -0.4 is 0 Å². The Hall–Kier alpha value is -1.86. The third kappa shape index (κ3) is 1.96. The van der Waals surface area contributed by atoms with Crippen LogP contribution in [0.4, 0.5) is 0 Å². The van der Waals surface area contributed by atoms with E-state index >= 15 is 0 Å². The molecule has 1 heteroatoms. The molecule has 2 aliphatic carbocycles. The monoisotopic (exact) mass is 287 g/mol. The minimum absolute atomic E-state index is 0.398. The van der Waals surface area contributed by atoms with E-state index in [1.807, 2.05) is 0 Å². The minimum Gasteiger partial charge on any atom is -0.0811 e. The van der Waals surface area contributed by atoms with Crippen molar-refractivity contribution in [3.05, 3.63) is 76.5 Å². The Morgan fingerprint density at radius 2 is 1.57 bits per heavy atom. The third-order valence-electron chi connectivity index (χ3n) is 4.61. The van der Waals surface area contributed by atoms with Crippen LogP contribution >= 0.6 is 0 Å². The van der Waals surface area contributed by atoms with Gasteiger partial charge in [-0.25, -0.2) is 0 Å². The first-order valence-electron chi connectivity index (χ1n) is 7.67. The zero-order chi connectivity index (χ0) is 14.4. The highest BCUT2D eigenvalue weighted by atomic mass is 28.3. The summed E-state index contributed by atoms with van der Waals surface area (Å²) < 4.78 is 0. The Kier molecular flexibility index (Phi) is 2.97. The van der Waals surface area contributed by atoms with Crippen LogP contribution in [0.3, 0.4) is 0 Å². The minimum atomic E-state index is -0.398. The van der Waals surface area contributed by atoms with Crippen molar-refractivity contribution in [2.45, 2.75) is 25.9 Å². The molecule has 0 spiro atoms. The van der Waals surface area contributed by atoms with Crippen LogP contribution in [0.1, 0.15) is 23.1 Å². The van der Waals surface area contributed by atoms with Crippen molar-refractivity contribution >= 4 is 14.4 Å². The van der Waals surface area contributed by atoms with Crippen LogP contribution in [-0.4, -0.2) is 8.80 Å². The smallest absolute Gasteiger partial charge is 0.0795 e. The van der Waals surface area contributed by atoms with Crippen molar-refractivity contribution in [2.75, 3.05) is 0 Å². The van der Waals surface area contributed by atoms with Crippen LogP contribution in [-0.2, 0) is 6.42 Å². The van der Waals surface area contributed by atoms with Gasteiger partial charge in [0.25, 0.3) is 0 Å². The van der Waals surface area contributed by atoms with Crippen LogP contribution in [0.2, 0.25) is 13.1 Å². The summed E-state index contributed by atoms with van der Waals surface area (Å²) in [6.45, 7) is 4.79. The maximum atomic E-state index is 2.44. The Bertz CT molecular complexity index is 778. The fraction of sp³-hybridized carbons (Fsp3) is 0.200. The molecule has 0 amide bonds. The van der Waals surface area contributed by atoms with E-state index in [4.69, 9.17) is 0 Å². The van der Waals surface area contributed by atoms with Crippen molar-refractivity contribution in [1.82, 2.24) is 0 Å². The SMILES string of the molecule is C[Si](C)C1=CCC=C1c1cccc2c1Cc1ccccc1-2. The Morgan fingerprint density at radius 3 is 2.43 bits per heavy atom. The van der Waals surface area contributed by atoms with Gasteiger partial charge in [0.1, 0.15) is 0 Å². The largest absolute Gasteiger partial charge is 0.0811 e. The summed E-state index contributed by atoms with van der Waals surface area (Å²) in [6, 6.07) is 15.7. The van der Waals surface area contributed by atoms with Gasteiger partial charge in [-0.1, -0.05) is 72.9 Å². The molecule has 0 nitrogen and oxygen atoms in total. The lowest BCUT2D eigenvalue weighted by Gasteiger charge is -2.15. The van der Waals surface area contributed by atoms with Gasteiger partial charge in [-0.15, -0.1) is 0 Å². The van der Waals surface area contributed by atoms with E-state index in [0.29, 0.717) is 0 Å². The third-order valence-corrected chi connectivity index (χ3v) is 6.16. The van der Waals surface area contributed by atoms with Gasteiger partial charge in [0, 0.05) is 0 Å². The van der Waals surface area contributed by atoms with Gasteiger partial charge < -0.3 is 0 Å². The van der Waals surface area contributed by atoms with Gasteiger partial charge in [0.05, 0.1) is 8.80 Å². The average molecular weight is 287 g/mol. The van der Waals surface area contributed by atoms with Crippen molar-refractivity contribution in [3.8, 4) is 11.1 Å². The maximum absolute atomic E-state index is 2.44. The molecule has 0 aliphatic heterocycles. The van der Waals surface area contributed by atoms with E-state index in [9.17, 15) is 0 Å². The highest BCUT2D eigenvalue weighted by Crippen LogP contribution is 2.42. The molecule has 4 rings (SSSR count). The molecule has 0 heterocycles. The van der Waals surface area contributed by atoms with Crippen molar-refractivity contribution < 1.29 is 0 Å². The van der Waals surface area contributed by atoms with E-state index in [-0.39, 0.29) is 0 Å². The zero-order valence-corrected chi connectivity index (χ0v) is 13.6. The fourth-order valence-corrected chi connectivity index (χ4v) is 4.95. The van der Waals surface area contributed by atoms with Gasteiger partial charge >= 0.3 is 0 Å².